The van der Waals surface area contributed by atoms with Crippen molar-refractivity contribution < 1.29 is 28.6 Å². The van der Waals surface area contributed by atoms with Gasteiger partial charge in [0, 0.05) is 6.92 Å². The van der Waals surface area contributed by atoms with E-state index < -0.39 is 18.5 Å². The molecule has 3 rings (SSSR count). The number of carbonyl (C=O) groups excluding carboxylic acids is 3. The number of anilines is 1. The van der Waals surface area contributed by atoms with Gasteiger partial charge in [-0.2, -0.15) is 0 Å². The molecular formula is C24H28N2O6. The molecule has 32 heavy (non-hydrogen) atoms. The third-order valence-corrected chi connectivity index (χ3v) is 5.04. The molecule has 1 aliphatic heterocycles. The smallest absolute Gasteiger partial charge is 0.340 e. The van der Waals surface area contributed by atoms with E-state index in [9.17, 15) is 14.4 Å². The lowest BCUT2D eigenvalue weighted by Gasteiger charge is -2.25. The number of hydrogen-bond acceptors (Lipinski definition) is 6. The second kappa shape index (κ2) is 10.2. The summed E-state index contributed by atoms with van der Waals surface area (Å²) in [5.41, 5.74) is 2.16. The molecule has 2 aromatic carbocycles. The average Bonchev–Trinajstić information content (AvgIpc) is 2.76. The van der Waals surface area contributed by atoms with E-state index >= 15 is 0 Å². The van der Waals surface area contributed by atoms with Crippen molar-refractivity contribution in [3.8, 4) is 11.5 Å². The van der Waals surface area contributed by atoms with Crippen LogP contribution >= 0.6 is 0 Å². The Balaban J connectivity index is 1.66. The Morgan fingerprint density at radius 2 is 1.78 bits per heavy atom. The molecule has 0 aliphatic carbocycles. The highest BCUT2D eigenvalue weighted by Gasteiger charge is 2.23. The molecule has 1 aliphatic rings. The second-order valence-electron chi connectivity index (χ2n) is 7.95. The zero-order valence-corrected chi connectivity index (χ0v) is 18.7. The molecule has 8 nitrogen and oxygen atoms in total. The van der Waals surface area contributed by atoms with Gasteiger partial charge < -0.3 is 24.8 Å². The quantitative estimate of drug-likeness (QED) is 0.640. The maximum Gasteiger partial charge on any atom is 0.340 e. The fraction of sp³-hybridized carbons (Fsp3) is 0.375. The van der Waals surface area contributed by atoms with Crippen LogP contribution in [-0.2, 0) is 14.3 Å². The molecule has 2 amide bonds. The Labute approximate surface area is 187 Å². The number of para-hydroxylation sites is 1. The van der Waals surface area contributed by atoms with Crippen LogP contribution in [-0.4, -0.2) is 37.6 Å². The Morgan fingerprint density at radius 3 is 2.47 bits per heavy atom. The lowest BCUT2D eigenvalue weighted by Crippen LogP contribution is -2.35. The summed E-state index contributed by atoms with van der Waals surface area (Å²) in [7, 11) is 0. The average molecular weight is 440 g/mol. The minimum Gasteiger partial charge on any atom is -0.486 e. The molecule has 170 valence electrons. The molecule has 0 saturated heterocycles. The largest absolute Gasteiger partial charge is 0.486 e. The normalized spacial score (nSPS) is 13.3. The van der Waals surface area contributed by atoms with Crippen LogP contribution in [0.5, 0.6) is 11.5 Å². The van der Waals surface area contributed by atoms with Gasteiger partial charge in [-0.1, -0.05) is 32.0 Å². The topological polar surface area (TPSA) is 103 Å². The van der Waals surface area contributed by atoms with E-state index in [2.05, 4.69) is 10.6 Å². The number of hydrogen-bond donors (Lipinski definition) is 2. The van der Waals surface area contributed by atoms with Crippen molar-refractivity contribution in [2.75, 3.05) is 25.1 Å². The van der Waals surface area contributed by atoms with Gasteiger partial charge in [-0.3, -0.25) is 9.59 Å². The second-order valence-corrected chi connectivity index (χ2v) is 7.95. The molecular weight excluding hydrogens is 412 g/mol. The number of fused-ring (bicyclic) bond motifs is 1. The minimum atomic E-state index is -0.687. The van der Waals surface area contributed by atoms with Crippen molar-refractivity contribution in [1.29, 1.82) is 0 Å². The summed E-state index contributed by atoms with van der Waals surface area (Å²) in [4.78, 5) is 36.6. The van der Waals surface area contributed by atoms with Crippen LogP contribution in [0.15, 0.2) is 36.4 Å². The zero-order valence-electron chi connectivity index (χ0n) is 18.7. The van der Waals surface area contributed by atoms with Crippen LogP contribution in [0, 0.1) is 12.8 Å². The van der Waals surface area contributed by atoms with Gasteiger partial charge in [0.25, 0.3) is 5.91 Å². The van der Waals surface area contributed by atoms with E-state index in [0.29, 0.717) is 30.4 Å². The van der Waals surface area contributed by atoms with Gasteiger partial charge >= 0.3 is 5.97 Å². The Hall–Kier alpha value is -3.55. The summed E-state index contributed by atoms with van der Waals surface area (Å²) in [6, 6.07) is 10.3. The maximum absolute atomic E-state index is 12.6. The first-order chi connectivity index (χ1) is 15.3. The molecule has 0 radical (unpaired) electrons. The van der Waals surface area contributed by atoms with Crippen LogP contribution in [0.25, 0.3) is 0 Å². The molecule has 0 saturated carbocycles. The van der Waals surface area contributed by atoms with E-state index in [1.807, 2.05) is 32.0 Å². The number of carbonyl (C=O) groups is 3. The fourth-order valence-electron chi connectivity index (χ4n) is 3.49. The molecule has 2 N–H and O–H groups in total. The highest BCUT2D eigenvalue weighted by molar-refractivity contribution is 6.02. The number of rotatable bonds is 7. The highest BCUT2D eigenvalue weighted by Crippen LogP contribution is 2.34. The van der Waals surface area contributed by atoms with E-state index in [1.165, 1.54) is 6.92 Å². The summed E-state index contributed by atoms with van der Waals surface area (Å²) < 4.78 is 16.4. The molecule has 1 heterocycles. The Morgan fingerprint density at radius 1 is 1.06 bits per heavy atom. The predicted octanol–water partition coefficient (Wildman–Crippen LogP) is 3.39. The highest BCUT2D eigenvalue weighted by atomic mass is 16.6. The molecule has 0 spiro atoms. The summed E-state index contributed by atoms with van der Waals surface area (Å²) in [5, 5.41) is 5.56. The predicted molar refractivity (Wildman–Crippen MR) is 119 cm³/mol. The Kier molecular flexibility index (Phi) is 7.35. The number of ether oxygens (including phenoxy) is 3. The van der Waals surface area contributed by atoms with Crippen molar-refractivity contribution in [2.45, 2.75) is 33.7 Å². The van der Waals surface area contributed by atoms with Crippen molar-refractivity contribution in [3.63, 3.8) is 0 Å². The van der Waals surface area contributed by atoms with Gasteiger partial charge in [0.1, 0.15) is 13.2 Å². The molecule has 1 atom stereocenters. The number of esters is 1. The minimum absolute atomic E-state index is 0.0837. The van der Waals surface area contributed by atoms with Crippen LogP contribution in [0.1, 0.15) is 48.3 Å². The number of benzene rings is 2. The van der Waals surface area contributed by atoms with Gasteiger partial charge in [0.15, 0.2) is 18.1 Å². The van der Waals surface area contributed by atoms with Crippen molar-refractivity contribution in [2.24, 2.45) is 5.92 Å². The van der Waals surface area contributed by atoms with Crippen LogP contribution in [0.2, 0.25) is 0 Å². The van der Waals surface area contributed by atoms with Crippen molar-refractivity contribution >= 4 is 23.5 Å². The lowest BCUT2D eigenvalue weighted by molar-refractivity contribution is -0.125. The molecule has 8 heteroatoms. The van der Waals surface area contributed by atoms with Crippen LogP contribution < -0.4 is 20.1 Å². The van der Waals surface area contributed by atoms with Gasteiger partial charge in [0.2, 0.25) is 5.91 Å². The maximum atomic E-state index is 12.6. The lowest BCUT2D eigenvalue weighted by atomic mass is 9.95. The van der Waals surface area contributed by atoms with E-state index in [1.54, 1.807) is 25.1 Å². The summed E-state index contributed by atoms with van der Waals surface area (Å²) >= 11 is 0. The van der Waals surface area contributed by atoms with E-state index in [-0.39, 0.29) is 23.4 Å². The summed E-state index contributed by atoms with van der Waals surface area (Å²) in [6.07, 6.45) is 0. The van der Waals surface area contributed by atoms with Gasteiger partial charge in [-0.05, 0) is 42.2 Å². The molecule has 0 bridgehead atoms. The monoisotopic (exact) mass is 440 g/mol. The third-order valence-electron chi connectivity index (χ3n) is 5.04. The van der Waals surface area contributed by atoms with E-state index in [0.717, 1.165) is 11.1 Å². The van der Waals surface area contributed by atoms with Crippen LogP contribution in [0.4, 0.5) is 5.69 Å². The van der Waals surface area contributed by atoms with Gasteiger partial charge in [0.05, 0.1) is 17.3 Å². The standard InChI is InChI=1S/C24H28N2O6/c1-14(2)22(17-8-9-19-20(12-17)31-11-10-30-19)26-21(28)13-32-24(29)18-7-5-6-15(3)23(18)25-16(4)27/h5-9,12,14,22H,10-11,13H2,1-4H3,(H,25,27)(H,26,28). The first-order valence-electron chi connectivity index (χ1n) is 10.5. The van der Waals surface area contributed by atoms with Crippen molar-refractivity contribution in [3.05, 3.63) is 53.1 Å². The molecule has 2 aromatic rings. The van der Waals surface area contributed by atoms with Gasteiger partial charge in [-0.25, -0.2) is 4.79 Å². The fourth-order valence-corrected chi connectivity index (χ4v) is 3.49. The Bertz CT molecular complexity index is 1020. The van der Waals surface area contributed by atoms with Crippen molar-refractivity contribution in [1.82, 2.24) is 5.32 Å². The summed E-state index contributed by atoms with van der Waals surface area (Å²) in [6.45, 7) is 7.64. The van der Waals surface area contributed by atoms with Gasteiger partial charge in [-0.15, -0.1) is 0 Å². The van der Waals surface area contributed by atoms with E-state index in [4.69, 9.17) is 14.2 Å². The number of nitrogens with one attached hydrogen (secondary N) is 2. The zero-order chi connectivity index (χ0) is 23.3. The number of aryl methyl sites for hydroxylation is 1. The number of amides is 2. The first kappa shape index (κ1) is 23.1. The molecule has 0 fully saturated rings. The third kappa shape index (κ3) is 5.57. The van der Waals surface area contributed by atoms with Crippen LogP contribution in [0.3, 0.4) is 0 Å². The SMILES string of the molecule is CC(=O)Nc1c(C)cccc1C(=O)OCC(=O)NC(c1ccc2c(c1)OCCO2)C(C)C. The first-order valence-corrected chi connectivity index (χ1v) is 10.5. The summed E-state index contributed by atoms with van der Waals surface area (Å²) in [5.74, 6) is -0.0136. The molecule has 1 unspecified atom stereocenters. The molecule has 0 aromatic heterocycles.